The summed E-state index contributed by atoms with van der Waals surface area (Å²) in [5, 5.41) is 3.48. The Bertz CT molecular complexity index is 268. The second-order valence-electron chi connectivity index (χ2n) is 4.08. The molecule has 1 aromatic rings. The molecule has 0 spiro atoms. The molecule has 1 N–H and O–H groups in total. The van der Waals surface area contributed by atoms with E-state index in [4.69, 9.17) is 0 Å². The third-order valence-electron chi connectivity index (χ3n) is 2.58. The molecule has 0 atom stereocenters. The van der Waals surface area contributed by atoms with Crippen molar-refractivity contribution >= 4 is 5.69 Å². The Kier molecular flexibility index (Phi) is 5.91. The first kappa shape index (κ1) is 12.1. The lowest BCUT2D eigenvalue weighted by Gasteiger charge is -2.07. The number of nitrogens with one attached hydrogen (secondary N) is 1. The third-order valence-corrected chi connectivity index (χ3v) is 2.58. The van der Waals surface area contributed by atoms with Crippen LogP contribution in [0.4, 0.5) is 5.69 Å². The second-order valence-corrected chi connectivity index (χ2v) is 4.08. The number of rotatable bonds is 7. The molecular formula is C14H23N. The number of anilines is 1. The van der Waals surface area contributed by atoms with Crippen LogP contribution < -0.4 is 5.32 Å². The Labute approximate surface area is 93.9 Å². The van der Waals surface area contributed by atoms with E-state index >= 15 is 0 Å². The Morgan fingerprint density at radius 3 is 2.67 bits per heavy atom. The maximum Gasteiger partial charge on any atom is 0.0342 e. The molecule has 0 radical (unpaired) electrons. The fraction of sp³-hybridized carbons (Fsp3) is 0.571. The first-order chi connectivity index (χ1) is 7.36. The highest BCUT2D eigenvalue weighted by molar-refractivity contribution is 5.45. The maximum absolute atomic E-state index is 3.48. The van der Waals surface area contributed by atoms with E-state index in [0.717, 1.165) is 6.54 Å². The fourth-order valence-electron chi connectivity index (χ4n) is 1.73. The summed E-state index contributed by atoms with van der Waals surface area (Å²) in [4.78, 5) is 0. The molecule has 1 nitrogen and oxygen atoms in total. The summed E-state index contributed by atoms with van der Waals surface area (Å²) in [6.45, 7) is 5.56. The topological polar surface area (TPSA) is 12.0 Å². The normalized spacial score (nSPS) is 10.3. The first-order valence-electron chi connectivity index (χ1n) is 6.19. The summed E-state index contributed by atoms with van der Waals surface area (Å²) < 4.78 is 0. The smallest absolute Gasteiger partial charge is 0.0342 e. The van der Waals surface area contributed by atoms with Gasteiger partial charge in [-0.25, -0.2) is 0 Å². The van der Waals surface area contributed by atoms with Gasteiger partial charge in [0.1, 0.15) is 0 Å². The largest absolute Gasteiger partial charge is 0.385 e. The molecule has 1 aromatic carbocycles. The Hall–Kier alpha value is -0.980. The van der Waals surface area contributed by atoms with E-state index in [9.17, 15) is 0 Å². The van der Waals surface area contributed by atoms with Gasteiger partial charge < -0.3 is 5.32 Å². The minimum atomic E-state index is 1.10. The molecule has 0 bridgehead atoms. The van der Waals surface area contributed by atoms with Crippen LogP contribution in [0.5, 0.6) is 0 Å². The minimum Gasteiger partial charge on any atom is -0.385 e. The van der Waals surface area contributed by atoms with Crippen LogP contribution in [0, 0.1) is 0 Å². The molecule has 15 heavy (non-hydrogen) atoms. The number of benzene rings is 1. The van der Waals surface area contributed by atoms with Gasteiger partial charge in [-0.2, -0.15) is 0 Å². The molecular weight excluding hydrogens is 182 g/mol. The van der Waals surface area contributed by atoms with Crippen molar-refractivity contribution in [2.75, 3.05) is 11.9 Å². The SMILES string of the molecule is CCCCCNc1cccc(CCC)c1. The van der Waals surface area contributed by atoms with Crippen LogP contribution in [0.1, 0.15) is 45.1 Å². The zero-order valence-electron chi connectivity index (χ0n) is 10.1. The third kappa shape index (κ3) is 4.87. The van der Waals surface area contributed by atoms with Gasteiger partial charge in [0, 0.05) is 12.2 Å². The van der Waals surface area contributed by atoms with E-state index in [0.29, 0.717) is 0 Å². The summed E-state index contributed by atoms with van der Waals surface area (Å²) in [5.41, 5.74) is 2.72. The van der Waals surface area contributed by atoms with Gasteiger partial charge in [-0.1, -0.05) is 45.2 Å². The van der Waals surface area contributed by atoms with E-state index in [-0.39, 0.29) is 0 Å². The van der Waals surface area contributed by atoms with Crippen molar-refractivity contribution in [3.63, 3.8) is 0 Å². The molecule has 0 amide bonds. The maximum atomic E-state index is 3.48. The average Bonchev–Trinajstić information content (AvgIpc) is 2.26. The predicted octanol–water partition coefficient (Wildman–Crippen LogP) is 4.24. The zero-order valence-corrected chi connectivity index (χ0v) is 10.1. The van der Waals surface area contributed by atoms with Gasteiger partial charge in [0.05, 0.1) is 0 Å². The van der Waals surface area contributed by atoms with E-state index in [1.807, 2.05) is 0 Å². The highest BCUT2D eigenvalue weighted by Crippen LogP contribution is 2.12. The lowest BCUT2D eigenvalue weighted by Crippen LogP contribution is -2.01. The standard InChI is InChI=1S/C14H23N/c1-3-5-6-11-15-14-10-7-9-13(12-14)8-4-2/h7,9-10,12,15H,3-6,8,11H2,1-2H3. The van der Waals surface area contributed by atoms with Gasteiger partial charge in [-0.15, -0.1) is 0 Å². The van der Waals surface area contributed by atoms with Crippen LogP contribution in [-0.2, 0) is 6.42 Å². The van der Waals surface area contributed by atoms with Crippen LogP contribution in [0.2, 0.25) is 0 Å². The van der Waals surface area contributed by atoms with E-state index in [2.05, 4.69) is 43.4 Å². The van der Waals surface area contributed by atoms with Crippen molar-refractivity contribution in [1.82, 2.24) is 0 Å². The molecule has 0 unspecified atom stereocenters. The molecule has 0 aliphatic carbocycles. The molecule has 0 fully saturated rings. The van der Waals surface area contributed by atoms with E-state index in [1.54, 1.807) is 0 Å². The highest BCUT2D eigenvalue weighted by atomic mass is 14.9. The van der Waals surface area contributed by atoms with Gasteiger partial charge in [-0.05, 0) is 30.5 Å². The molecule has 0 heterocycles. The molecule has 0 saturated heterocycles. The molecule has 0 aliphatic heterocycles. The van der Waals surface area contributed by atoms with Crippen LogP contribution >= 0.6 is 0 Å². The summed E-state index contributed by atoms with van der Waals surface area (Å²) in [6, 6.07) is 8.79. The van der Waals surface area contributed by atoms with Crippen LogP contribution in [-0.4, -0.2) is 6.54 Å². The minimum absolute atomic E-state index is 1.10. The van der Waals surface area contributed by atoms with Crippen molar-refractivity contribution < 1.29 is 0 Å². The lowest BCUT2D eigenvalue weighted by atomic mass is 10.1. The number of aryl methyl sites for hydroxylation is 1. The van der Waals surface area contributed by atoms with Crippen LogP contribution in [0.25, 0.3) is 0 Å². The fourth-order valence-corrected chi connectivity index (χ4v) is 1.73. The van der Waals surface area contributed by atoms with Crippen molar-refractivity contribution in [2.24, 2.45) is 0 Å². The summed E-state index contributed by atoms with van der Waals surface area (Å²) in [7, 11) is 0. The number of unbranched alkanes of at least 4 members (excludes halogenated alkanes) is 2. The Balaban J connectivity index is 2.36. The Morgan fingerprint density at radius 1 is 1.07 bits per heavy atom. The Morgan fingerprint density at radius 2 is 1.93 bits per heavy atom. The van der Waals surface area contributed by atoms with Gasteiger partial charge in [-0.3, -0.25) is 0 Å². The molecule has 0 aromatic heterocycles. The van der Waals surface area contributed by atoms with Gasteiger partial charge in [0.15, 0.2) is 0 Å². The second kappa shape index (κ2) is 7.33. The molecule has 84 valence electrons. The summed E-state index contributed by atoms with van der Waals surface area (Å²) >= 11 is 0. The number of hydrogen-bond donors (Lipinski definition) is 1. The van der Waals surface area contributed by atoms with Crippen molar-refractivity contribution in [2.45, 2.75) is 46.0 Å². The average molecular weight is 205 g/mol. The van der Waals surface area contributed by atoms with E-state index in [1.165, 1.54) is 43.4 Å². The first-order valence-corrected chi connectivity index (χ1v) is 6.19. The van der Waals surface area contributed by atoms with Gasteiger partial charge in [0.2, 0.25) is 0 Å². The molecule has 1 heteroatoms. The number of hydrogen-bond acceptors (Lipinski definition) is 1. The van der Waals surface area contributed by atoms with Crippen LogP contribution in [0.15, 0.2) is 24.3 Å². The molecule has 0 saturated carbocycles. The quantitative estimate of drug-likeness (QED) is 0.656. The zero-order chi connectivity index (χ0) is 10.9. The molecule has 1 rings (SSSR count). The van der Waals surface area contributed by atoms with E-state index < -0.39 is 0 Å². The van der Waals surface area contributed by atoms with Crippen molar-refractivity contribution in [1.29, 1.82) is 0 Å². The van der Waals surface area contributed by atoms with Crippen molar-refractivity contribution in [3.8, 4) is 0 Å². The highest BCUT2D eigenvalue weighted by Gasteiger charge is 1.94. The summed E-state index contributed by atoms with van der Waals surface area (Å²) in [5.74, 6) is 0. The predicted molar refractivity (Wildman–Crippen MR) is 68.5 cm³/mol. The van der Waals surface area contributed by atoms with Gasteiger partial charge in [0.25, 0.3) is 0 Å². The van der Waals surface area contributed by atoms with Gasteiger partial charge >= 0.3 is 0 Å². The van der Waals surface area contributed by atoms with Crippen LogP contribution in [0.3, 0.4) is 0 Å². The monoisotopic (exact) mass is 205 g/mol. The lowest BCUT2D eigenvalue weighted by molar-refractivity contribution is 0.743. The summed E-state index contributed by atoms with van der Waals surface area (Å²) in [6.07, 6.45) is 6.29. The van der Waals surface area contributed by atoms with Crippen molar-refractivity contribution in [3.05, 3.63) is 29.8 Å². The molecule has 0 aliphatic rings.